The molecule has 4 unspecified atom stereocenters. The summed E-state index contributed by atoms with van der Waals surface area (Å²) in [5.74, 6) is -6.05. The van der Waals surface area contributed by atoms with Crippen molar-refractivity contribution in [1.82, 2.24) is 30.2 Å². The van der Waals surface area contributed by atoms with E-state index in [0.717, 1.165) is 17.2 Å². The predicted molar refractivity (Wildman–Crippen MR) is 319 cm³/mol. The predicted octanol–water partition coefficient (Wildman–Crippen LogP) is 6.17. The zero-order valence-corrected chi connectivity index (χ0v) is 51.2. The van der Waals surface area contributed by atoms with Gasteiger partial charge in [0.1, 0.15) is 36.9 Å². The minimum absolute atomic E-state index is 0.0480. The Morgan fingerprint density at radius 2 is 1.48 bits per heavy atom. The number of carbonyl (C=O) groups is 10. The van der Waals surface area contributed by atoms with Gasteiger partial charge in [-0.1, -0.05) is 88.7 Å². The van der Waals surface area contributed by atoms with Crippen molar-refractivity contribution in [2.75, 3.05) is 66.9 Å². The van der Waals surface area contributed by atoms with Crippen molar-refractivity contribution in [2.45, 2.75) is 142 Å². The lowest BCUT2D eigenvalue weighted by Gasteiger charge is -2.36. The van der Waals surface area contributed by atoms with Gasteiger partial charge in [0.15, 0.2) is 11.5 Å². The lowest BCUT2D eigenvalue weighted by molar-refractivity contribution is -0.165. The zero-order valence-electron chi connectivity index (χ0n) is 51.2. The van der Waals surface area contributed by atoms with E-state index in [-0.39, 0.29) is 64.0 Å². The summed E-state index contributed by atoms with van der Waals surface area (Å²) in [6, 6.07) is 16.8. The molecule has 1 fully saturated rings. The van der Waals surface area contributed by atoms with Crippen LogP contribution in [-0.4, -0.2) is 164 Å². The average molecular weight is 1180 g/mol. The molecule has 5 rings (SSSR count). The highest BCUT2D eigenvalue weighted by atomic mass is 16.5. The summed E-state index contributed by atoms with van der Waals surface area (Å²) in [7, 11) is 7.53. The van der Waals surface area contributed by atoms with Gasteiger partial charge in [-0.05, 0) is 112 Å². The summed E-state index contributed by atoms with van der Waals surface area (Å²) in [4.78, 5) is 145. The number of anilines is 1. The number of cyclic esters (lactones) is 2. The number of rotatable bonds is 11. The second kappa shape index (κ2) is 32.3. The largest absolute Gasteiger partial charge is 0.493 e. The lowest BCUT2D eigenvalue weighted by Crippen LogP contribution is -2.59. The van der Waals surface area contributed by atoms with Crippen LogP contribution in [-0.2, 0) is 70.3 Å². The standard InChI is InChI=1S/C64H87N7O14/c1-12-42(4)57-60(78)65-39-55(74)68(7)33-18-17-26-56(75)84-40-64(5,6)58(76)62(80)71-34-19-16-25-48(71)63(81)85-50(29-27-44-28-30-51(82-10)52(37-44)83-11)45-23-20-24-46(38-45)66-53(72)31-32-54(73)69(8)49(35-41(2)3)59(77)67-47(61(79)70(57)9)36-43-21-14-13-15-22-43/h13-15,17,20-24,26,28,30,37-38,41-42,47-50,57H,12,16,18-19,25,27,29,31-36,39-40H2,1-11H3,(H,65,78)(H,66,72)(H,67,77)/t42?,47-,48?,49?,50-,57?/m1/s1. The number of aryl methyl sites for hydroxylation is 1. The van der Waals surface area contributed by atoms with Gasteiger partial charge in [0, 0.05) is 65.3 Å². The number of piperidine rings is 1. The first-order valence-corrected chi connectivity index (χ1v) is 29.3. The number of nitrogens with one attached hydrogen (secondary N) is 3. The number of benzene rings is 3. The number of ether oxygens (including phenoxy) is 4. The first-order valence-electron chi connectivity index (χ1n) is 29.3. The average Bonchev–Trinajstić information content (AvgIpc) is 3.30. The van der Waals surface area contributed by atoms with Crippen molar-refractivity contribution in [3.63, 3.8) is 0 Å². The van der Waals surface area contributed by atoms with Crippen LogP contribution in [0.25, 0.3) is 0 Å². The van der Waals surface area contributed by atoms with Gasteiger partial charge < -0.3 is 54.5 Å². The van der Waals surface area contributed by atoms with E-state index < -0.39 is 114 Å². The Kier molecular flexibility index (Phi) is 25.7. The number of ketones is 1. The number of hydrogen-bond acceptors (Lipinski definition) is 14. The molecule has 1 saturated heterocycles. The Hall–Kier alpha value is -8.10. The molecule has 3 aromatic carbocycles. The highest BCUT2D eigenvalue weighted by Crippen LogP contribution is 2.33. The van der Waals surface area contributed by atoms with E-state index in [4.69, 9.17) is 18.9 Å². The molecule has 2 aliphatic heterocycles. The Balaban J connectivity index is 1.48. The number of Topliss-reactive ketones (excluding diaryl/α,β-unsaturated/α-hetero) is 1. The molecule has 3 N–H and O–H groups in total. The molecule has 0 aliphatic carbocycles. The van der Waals surface area contributed by atoms with E-state index in [0.29, 0.717) is 48.4 Å². The van der Waals surface area contributed by atoms with Gasteiger partial charge in [0.2, 0.25) is 41.2 Å². The molecule has 2 bridgehead atoms. The second-order valence-corrected chi connectivity index (χ2v) is 23.1. The Morgan fingerprint density at radius 3 is 2.16 bits per heavy atom. The molecule has 7 amide bonds. The number of methoxy groups -OCH3 is 2. The summed E-state index contributed by atoms with van der Waals surface area (Å²) in [5, 5.41) is 8.47. The molecule has 0 radical (unpaired) electrons. The maximum atomic E-state index is 14.7. The van der Waals surface area contributed by atoms with Gasteiger partial charge >= 0.3 is 11.9 Å². The van der Waals surface area contributed by atoms with Crippen molar-refractivity contribution in [3.8, 4) is 11.5 Å². The fourth-order valence-corrected chi connectivity index (χ4v) is 10.3. The van der Waals surface area contributed by atoms with Crippen LogP contribution >= 0.6 is 0 Å². The van der Waals surface area contributed by atoms with E-state index >= 15 is 0 Å². The maximum absolute atomic E-state index is 14.7. The number of esters is 2. The summed E-state index contributed by atoms with van der Waals surface area (Å²) in [6.45, 7) is 9.77. The van der Waals surface area contributed by atoms with Crippen LogP contribution in [0.15, 0.2) is 84.9 Å². The number of amides is 7. The van der Waals surface area contributed by atoms with E-state index in [1.165, 1.54) is 74.9 Å². The Labute approximate surface area is 499 Å². The van der Waals surface area contributed by atoms with Crippen molar-refractivity contribution in [1.29, 1.82) is 0 Å². The summed E-state index contributed by atoms with van der Waals surface area (Å²) < 4.78 is 22.7. The minimum Gasteiger partial charge on any atom is -0.493 e. The van der Waals surface area contributed by atoms with Crippen LogP contribution < -0.4 is 25.4 Å². The summed E-state index contributed by atoms with van der Waals surface area (Å²) in [6.07, 6.45) is 4.01. The molecule has 2 heterocycles. The van der Waals surface area contributed by atoms with Crippen molar-refractivity contribution in [2.24, 2.45) is 17.3 Å². The number of hydrogen-bond donors (Lipinski definition) is 3. The highest BCUT2D eigenvalue weighted by Gasteiger charge is 2.43. The zero-order chi connectivity index (χ0) is 62.5. The van der Waals surface area contributed by atoms with Gasteiger partial charge in [-0.25, -0.2) is 9.59 Å². The van der Waals surface area contributed by atoms with Gasteiger partial charge in [-0.3, -0.25) is 38.4 Å². The van der Waals surface area contributed by atoms with Crippen LogP contribution in [0.4, 0.5) is 5.69 Å². The minimum atomic E-state index is -1.50. The topological polar surface area (TPSA) is 257 Å². The molecule has 462 valence electrons. The van der Waals surface area contributed by atoms with Crippen molar-refractivity contribution in [3.05, 3.63) is 102 Å². The molecule has 21 nitrogen and oxygen atoms in total. The van der Waals surface area contributed by atoms with Crippen LogP contribution in [0.5, 0.6) is 11.5 Å². The first-order chi connectivity index (χ1) is 40.4. The summed E-state index contributed by atoms with van der Waals surface area (Å²) >= 11 is 0. The smallest absolute Gasteiger partial charge is 0.330 e. The van der Waals surface area contributed by atoms with Crippen molar-refractivity contribution < 1.29 is 66.9 Å². The molecule has 21 heteroatoms. The molecule has 0 spiro atoms. The molecule has 85 heavy (non-hydrogen) atoms. The lowest BCUT2D eigenvalue weighted by atomic mass is 9.87. The number of fused-ring (bicyclic) bond motifs is 3. The third kappa shape index (κ3) is 19.5. The fourth-order valence-electron chi connectivity index (χ4n) is 10.3. The number of carbonyl (C=O) groups excluding carboxylic acids is 10. The molecule has 0 saturated carbocycles. The van der Waals surface area contributed by atoms with E-state index in [1.807, 2.05) is 51.1 Å². The third-order valence-electron chi connectivity index (χ3n) is 15.6. The molecule has 2 aliphatic rings. The van der Waals surface area contributed by atoms with Crippen LogP contribution in [0.2, 0.25) is 0 Å². The van der Waals surface area contributed by atoms with Gasteiger partial charge in [0.25, 0.3) is 5.91 Å². The fraction of sp³-hybridized carbons (Fsp3) is 0.531. The SMILES string of the molecule is CCC(C)C1C(=O)NCC(=O)N(C)CCC=CC(=O)OCC(C)(C)C(=O)C(=O)N2CCCCC2C(=O)O[C@H](CCc2ccc(OC)c(OC)c2)c2cccc(c2)NC(=O)CCC(=O)N(C)C(CC(C)C)C(=O)N[C@H](Cc2ccccc2)C(=O)N1C. The third-order valence-corrected chi connectivity index (χ3v) is 15.6. The van der Waals surface area contributed by atoms with E-state index in [2.05, 4.69) is 16.0 Å². The second-order valence-electron chi connectivity index (χ2n) is 23.1. The van der Waals surface area contributed by atoms with Crippen molar-refractivity contribution >= 4 is 64.8 Å². The monoisotopic (exact) mass is 1180 g/mol. The van der Waals surface area contributed by atoms with Crippen LogP contribution in [0, 0.1) is 17.3 Å². The Bertz CT molecular complexity index is 2870. The van der Waals surface area contributed by atoms with Crippen LogP contribution in [0.3, 0.4) is 0 Å². The number of nitrogens with zero attached hydrogens (tertiary/aromatic N) is 4. The van der Waals surface area contributed by atoms with Gasteiger partial charge in [-0.2, -0.15) is 0 Å². The quantitative estimate of drug-likeness (QED) is 0.143. The maximum Gasteiger partial charge on any atom is 0.330 e. The molecule has 3 aromatic rings. The highest BCUT2D eigenvalue weighted by molar-refractivity contribution is 6.38. The first kappa shape index (κ1) is 67.7. The molecular weight excluding hydrogens is 1090 g/mol. The molecule has 6 atom stereocenters. The van der Waals surface area contributed by atoms with E-state index in [9.17, 15) is 47.9 Å². The molecule has 0 aromatic heterocycles. The normalized spacial score (nSPS) is 22.4. The van der Waals surface area contributed by atoms with Gasteiger partial charge in [-0.15, -0.1) is 0 Å². The van der Waals surface area contributed by atoms with E-state index in [1.54, 1.807) is 49.4 Å². The van der Waals surface area contributed by atoms with Crippen LogP contribution in [0.1, 0.15) is 122 Å². The molecular formula is C64H87N7O14. The Morgan fingerprint density at radius 1 is 0.765 bits per heavy atom. The van der Waals surface area contributed by atoms with Gasteiger partial charge in [0.05, 0.1) is 26.2 Å². The summed E-state index contributed by atoms with van der Waals surface area (Å²) in [5.41, 5.74) is 0.895. The number of likely N-dealkylation sites (N-methyl/N-ethyl adjacent to an activating group) is 3.